The van der Waals surface area contributed by atoms with Crippen molar-refractivity contribution in [2.45, 2.75) is 6.61 Å². The molecule has 0 fully saturated rings. The van der Waals surface area contributed by atoms with Crippen LogP contribution in [0.15, 0.2) is 78.0 Å². The van der Waals surface area contributed by atoms with Crippen molar-refractivity contribution in [1.29, 1.82) is 0 Å². The molecule has 0 heterocycles. The summed E-state index contributed by atoms with van der Waals surface area (Å²) in [6.45, 7) is 0.180. The van der Waals surface area contributed by atoms with Gasteiger partial charge in [-0.25, -0.2) is 0 Å². The van der Waals surface area contributed by atoms with Gasteiger partial charge in [0.25, 0.3) is 5.91 Å². The number of anilines is 1. The Morgan fingerprint density at radius 3 is 2.31 bits per heavy atom. The van der Waals surface area contributed by atoms with Gasteiger partial charge >= 0.3 is 0 Å². The molecule has 148 valence electrons. The third kappa shape index (κ3) is 6.82. The van der Waals surface area contributed by atoms with Crippen molar-refractivity contribution >= 4 is 41.0 Å². The summed E-state index contributed by atoms with van der Waals surface area (Å²) in [5.41, 5.74) is 2.36. The normalized spacial score (nSPS) is 10.7. The average molecular weight is 429 g/mol. The maximum atomic E-state index is 11.9. The number of hydrogen-bond acceptors (Lipinski definition) is 4. The summed E-state index contributed by atoms with van der Waals surface area (Å²) in [5.74, 6) is 0.331. The maximum absolute atomic E-state index is 11.9. The van der Waals surface area contributed by atoms with Crippen LogP contribution in [0.2, 0.25) is 10.0 Å². The largest absolute Gasteiger partial charge is 0.488 e. The smallest absolute Gasteiger partial charge is 0.265 e. The molecule has 3 rings (SSSR count). The topological polar surface area (TPSA) is 59.9 Å². The van der Waals surface area contributed by atoms with Crippen molar-refractivity contribution in [3.05, 3.63) is 94.0 Å². The zero-order valence-corrected chi connectivity index (χ0v) is 16.9. The molecule has 3 aromatic rings. The van der Waals surface area contributed by atoms with E-state index >= 15 is 0 Å². The first kappa shape index (κ1) is 20.7. The minimum atomic E-state index is -0.322. The van der Waals surface area contributed by atoms with E-state index in [2.05, 4.69) is 10.5 Å². The molecule has 0 spiro atoms. The van der Waals surface area contributed by atoms with Gasteiger partial charge < -0.3 is 14.9 Å². The average Bonchev–Trinajstić information content (AvgIpc) is 2.73. The molecule has 0 bridgehead atoms. The van der Waals surface area contributed by atoms with Crippen molar-refractivity contribution in [2.75, 3.05) is 11.9 Å². The van der Waals surface area contributed by atoms with E-state index in [1.165, 1.54) is 6.21 Å². The second-order valence-corrected chi connectivity index (χ2v) is 6.89. The number of ether oxygens (including phenoxy) is 1. The lowest BCUT2D eigenvalue weighted by Crippen LogP contribution is -2.16. The fourth-order valence-electron chi connectivity index (χ4n) is 2.38. The van der Waals surface area contributed by atoms with Crippen LogP contribution in [-0.2, 0) is 16.2 Å². The van der Waals surface area contributed by atoms with E-state index in [0.29, 0.717) is 28.1 Å². The summed E-state index contributed by atoms with van der Waals surface area (Å²) in [6, 6.07) is 21.7. The quantitative estimate of drug-likeness (QED) is 0.377. The fraction of sp³-hybridized carbons (Fsp3) is 0.0909. The van der Waals surface area contributed by atoms with Crippen LogP contribution in [0.4, 0.5) is 5.69 Å². The summed E-state index contributed by atoms with van der Waals surface area (Å²) in [6.07, 6.45) is 1.51. The molecule has 5 nitrogen and oxygen atoms in total. The van der Waals surface area contributed by atoms with Crippen molar-refractivity contribution in [3.8, 4) is 5.75 Å². The highest BCUT2D eigenvalue weighted by atomic mass is 35.5. The zero-order valence-electron chi connectivity index (χ0n) is 15.3. The molecule has 29 heavy (non-hydrogen) atoms. The van der Waals surface area contributed by atoms with E-state index < -0.39 is 0 Å². The van der Waals surface area contributed by atoms with E-state index in [1.807, 2.05) is 48.5 Å². The lowest BCUT2D eigenvalue weighted by Gasteiger charge is -2.09. The van der Waals surface area contributed by atoms with Crippen LogP contribution in [0.3, 0.4) is 0 Å². The molecular formula is C22H18Cl2N2O3. The van der Waals surface area contributed by atoms with E-state index in [0.717, 1.165) is 11.1 Å². The lowest BCUT2D eigenvalue weighted by atomic mass is 10.2. The number of carbonyl (C=O) groups is 1. The molecule has 3 aromatic carbocycles. The number of para-hydroxylation sites is 1. The second kappa shape index (κ2) is 10.5. The van der Waals surface area contributed by atoms with E-state index in [9.17, 15) is 4.79 Å². The van der Waals surface area contributed by atoms with Crippen molar-refractivity contribution in [2.24, 2.45) is 5.16 Å². The monoisotopic (exact) mass is 428 g/mol. The Balaban J connectivity index is 1.50. The third-order valence-electron chi connectivity index (χ3n) is 3.82. The molecule has 1 N–H and O–H groups in total. The van der Waals surface area contributed by atoms with Crippen LogP contribution in [0.5, 0.6) is 5.75 Å². The molecule has 0 saturated carbocycles. The first-order chi connectivity index (χ1) is 14.1. The van der Waals surface area contributed by atoms with Crippen LogP contribution in [0, 0.1) is 0 Å². The van der Waals surface area contributed by atoms with Gasteiger partial charge in [0.05, 0.1) is 6.21 Å². The minimum Gasteiger partial charge on any atom is -0.488 e. The summed E-state index contributed by atoms with van der Waals surface area (Å²) < 4.78 is 5.85. The fourth-order valence-corrected chi connectivity index (χ4v) is 2.63. The highest BCUT2D eigenvalue weighted by Gasteiger charge is 2.04. The molecule has 7 heteroatoms. The summed E-state index contributed by atoms with van der Waals surface area (Å²) >= 11 is 11.7. The van der Waals surface area contributed by atoms with Gasteiger partial charge in [0.1, 0.15) is 12.4 Å². The molecule has 0 aromatic heterocycles. The van der Waals surface area contributed by atoms with E-state index in [1.54, 1.807) is 24.3 Å². The Morgan fingerprint density at radius 2 is 1.59 bits per heavy atom. The van der Waals surface area contributed by atoms with E-state index in [-0.39, 0.29) is 12.5 Å². The third-order valence-corrected chi connectivity index (χ3v) is 4.32. The summed E-state index contributed by atoms with van der Waals surface area (Å²) in [7, 11) is 0. The molecule has 0 atom stereocenters. The number of rotatable bonds is 8. The standard InChI is InChI=1S/C22H18Cl2N2O3/c23-18-7-5-16(6-8-18)14-28-21-4-2-1-3-17(21)13-25-29-15-22(27)26-20-11-9-19(24)10-12-20/h1-13H,14-15H2,(H,26,27). The van der Waals surface area contributed by atoms with Crippen LogP contribution >= 0.6 is 23.2 Å². The number of amides is 1. The minimum absolute atomic E-state index is 0.215. The molecule has 0 saturated heterocycles. The Hall–Kier alpha value is -3.02. The Morgan fingerprint density at radius 1 is 0.931 bits per heavy atom. The van der Waals surface area contributed by atoms with Crippen molar-refractivity contribution in [1.82, 2.24) is 0 Å². The van der Waals surface area contributed by atoms with Gasteiger partial charge in [-0.1, -0.05) is 52.6 Å². The van der Waals surface area contributed by atoms with Crippen LogP contribution < -0.4 is 10.1 Å². The molecule has 0 aliphatic rings. The molecule has 0 aliphatic carbocycles. The van der Waals surface area contributed by atoms with Crippen LogP contribution in [-0.4, -0.2) is 18.7 Å². The molecule has 1 amide bonds. The zero-order chi connectivity index (χ0) is 20.5. The summed E-state index contributed by atoms with van der Waals surface area (Å²) in [4.78, 5) is 17.0. The molecule has 0 unspecified atom stereocenters. The SMILES string of the molecule is O=C(CON=Cc1ccccc1OCc1ccc(Cl)cc1)Nc1ccc(Cl)cc1. The predicted octanol–water partition coefficient (Wildman–Crippen LogP) is 5.56. The molecule has 0 aliphatic heterocycles. The Labute approximate surface area is 178 Å². The number of halogens is 2. The van der Waals surface area contributed by atoms with Gasteiger partial charge in [-0.2, -0.15) is 0 Å². The molecular weight excluding hydrogens is 411 g/mol. The van der Waals surface area contributed by atoms with Gasteiger partial charge in [-0.3, -0.25) is 4.79 Å². The number of carbonyl (C=O) groups excluding carboxylic acids is 1. The number of nitrogens with zero attached hydrogens (tertiary/aromatic N) is 1. The first-order valence-electron chi connectivity index (χ1n) is 8.77. The van der Waals surface area contributed by atoms with Crippen LogP contribution in [0.25, 0.3) is 0 Å². The van der Waals surface area contributed by atoms with Gasteiger partial charge in [0.15, 0.2) is 6.61 Å². The maximum Gasteiger partial charge on any atom is 0.265 e. The Kier molecular flexibility index (Phi) is 7.50. The van der Waals surface area contributed by atoms with E-state index in [4.69, 9.17) is 32.8 Å². The Bertz CT molecular complexity index is 974. The number of benzene rings is 3. The van der Waals surface area contributed by atoms with Crippen LogP contribution in [0.1, 0.15) is 11.1 Å². The first-order valence-corrected chi connectivity index (χ1v) is 9.53. The second-order valence-electron chi connectivity index (χ2n) is 6.02. The highest BCUT2D eigenvalue weighted by Crippen LogP contribution is 2.18. The lowest BCUT2D eigenvalue weighted by molar-refractivity contribution is -0.120. The van der Waals surface area contributed by atoms with Gasteiger partial charge in [0.2, 0.25) is 0 Å². The summed E-state index contributed by atoms with van der Waals surface area (Å²) in [5, 5.41) is 7.83. The van der Waals surface area contributed by atoms with Crippen molar-refractivity contribution in [3.63, 3.8) is 0 Å². The van der Waals surface area contributed by atoms with Crippen molar-refractivity contribution < 1.29 is 14.4 Å². The highest BCUT2D eigenvalue weighted by molar-refractivity contribution is 6.30. The van der Waals surface area contributed by atoms with Gasteiger partial charge in [-0.15, -0.1) is 0 Å². The predicted molar refractivity (Wildman–Crippen MR) is 116 cm³/mol. The number of hydrogen-bond donors (Lipinski definition) is 1. The van der Waals surface area contributed by atoms with Gasteiger partial charge in [-0.05, 0) is 54.1 Å². The number of oxime groups is 1. The van der Waals surface area contributed by atoms with Gasteiger partial charge in [0, 0.05) is 21.3 Å². The molecule has 0 radical (unpaired) electrons. The number of nitrogens with one attached hydrogen (secondary N) is 1.